The van der Waals surface area contributed by atoms with E-state index < -0.39 is 10.0 Å². The average Bonchev–Trinajstić information content (AvgIpc) is 3.22. The summed E-state index contributed by atoms with van der Waals surface area (Å²) in [6.45, 7) is 3.78. The summed E-state index contributed by atoms with van der Waals surface area (Å²) in [7, 11) is -3.82. The van der Waals surface area contributed by atoms with Gasteiger partial charge < -0.3 is 20.1 Å². The fourth-order valence-electron chi connectivity index (χ4n) is 3.39. The van der Waals surface area contributed by atoms with Crippen LogP contribution in [0.25, 0.3) is 11.0 Å². The predicted octanol–water partition coefficient (Wildman–Crippen LogP) is 1.30. The lowest BCUT2D eigenvalue weighted by molar-refractivity contribution is -0.114. The summed E-state index contributed by atoms with van der Waals surface area (Å²) < 4.78 is 27.8. The average molecular weight is 460 g/mol. The number of nitrogens with zero attached hydrogens (tertiary/aromatic N) is 4. The molecule has 0 unspecified atom stereocenters. The second-order valence-electron chi connectivity index (χ2n) is 7.03. The number of thiocarbonyl (C=S) groups is 1. The number of carbonyl (C=O) groups is 1. The van der Waals surface area contributed by atoms with Crippen LogP contribution < -0.4 is 14.9 Å². The molecule has 4 rings (SSSR count). The van der Waals surface area contributed by atoms with E-state index in [0.717, 1.165) is 16.9 Å². The van der Waals surface area contributed by atoms with Crippen LogP contribution in [0.2, 0.25) is 0 Å². The molecule has 12 heteroatoms. The Morgan fingerprint density at radius 1 is 1.10 bits per heavy atom. The van der Waals surface area contributed by atoms with Gasteiger partial charge >= 0.3 is 0 Å². The highest BCUT2D eigenvalue weighted by molar-refractivity contribution is 7.91. The monoisotopic (exact) mass is 459 g/mol. The van der Waals surface area contributed by atoms with E-state index >= 15 is 0 Å². The van der Waals surface area contributed by atoms with Crippen molar-refractivity contribution < 1.29 is 13.2 Å². The molecule has 1 amide bonds. The van der Waals surface area contributed by atoms with Gasteiger partial charge in [0.05, 0.1) is 10.3 Å². The van der Waals surface area contributed by atoms with Crippen molar-refractivity contribution in [2.75, 3.05) is 36.4 Å². The Morgan fingerprint density at radius 2 is 1.81 bits per heavy atom. The molecule has 0 aliphatic carbocycles. The van der Waals surface area contributed by atoms with Gasteiger partial charge in [0.2, 0.25) is 5.91 Å². The number of anilines is 2. The third-order valence-electron chi connectivity index (χ3n) is 4.91. The molecule has 3 heterocycles. The maximum Gasteiger partial charge on any atom is 0.263 e. The van der Waals surface area contributed by atoms with Crippen molar-refractivity contribution in [2.24, 2.45) is 0 Å². The quantitative estimate of drug-likeness (QED) is 0.499. The minimum Gasteiger partial charge on any atom is -0.352 e. The van der Waals surface area contributed by atoms with Gasteiger partial charge in [-0.15, -0.1) is 0 Å². The Kier molecular flexibility index (Phi) is 5.74. The molecule has 1 saturated heterocycles. The molecule has 1 aromatic carbocycles. The normalized spacial score (nSPS) is 14.5. The van der Waals surface area contributed by atoms with Gasteiger partial charge in [-0.25, -0.2) is 18.4 Å². The highest BCUT2D eigenvalue weighted by Crippen LogP contribution is 2.23. The van der Waals surface area contributed by atoms with Crippen LogP contribution in [0.3, 0.4) is 0 Å². The number of H-pyrrole nitrogens is 1. The Hall–Kier alpha value is -3.25. The van der Waals surface area contributed by atoms with Crippen LogP contribution in [0.15, 0.2) is 47.8 Å². The molecule has 2 aromatic heterocycles. The van der Waals surface area contributed by atoms with E-state index in [1.807, 2.05) is 17.2 Å². The molecule has 3 N–H and O–H groups in total. The van der Waals surface area contributed by atoms with E-state index in [4.69, 9.17) is 12.2 Å². The van der Waals surface area contributed by atoms with Crippen LogP contribution in [0.5, 0.6) is 0 Å². The summed E-state index contributed by atoms with van der Waals surface area (Å²) in [5, 5.41) is 3.70. The maximum absolute atomic E-state index is 12.7. The first kappa shape index (κ1) is 21.0. The minimum atomic E-state index is -3.82. The number of aromatic amines is 1. The van der Waals surface area contributed by atoms with Crippen molar-refractivity contribution in [1.29, 1.82) is 0 Å². The summed E-state index contributed by atoms with van der Waals surface area (Å²) in [4.78, 5) is 26.8. The van der Waals surface area contributed by atoms with E-state index in [1.165, 1.54) is 37.5 Å². The van der Waals surface area contributed by atoms with Crippen LogP contribution in [-0.2, 0) is 14.8 Å². The number of benzene rings is 1. The van der Waals surface area contributed by atoms with Gasteiger partial charge in [0, 0.05) is 45.0 Å². The van der Waals surface area contributed by atoms with E-state index in [-0.39, 0.29) is 15.9 Å². The Bertz CT molecular complexity index is 1220. The first-order valence-corrected chi connectivity index (χ1v) is 11.4. The number of hydrogen-bond donors (Lipinski definition) is 3. The Balaban J connectivity index is 1.38. The number of aromatic nitrogens is 3. The van der Waals surface area contributed by atoms with Crippen LogP contribution in [0, 0.1) is 0 Å². The Morgan fingerprint density at radius 3 is 2.48 bits per heavy atom. The van der Waals surface area contributed by atoms with Crippen LogP contribution >= 0.6 is 12.2 Å². The molecule has 0 spiro atoms. The first-order chi connectivity index (χ1) is 14.8. The molecule has 0 atom stereocenters. The molecule has 10 nitrogen and oxygen atoms in total. The van der Waals surface area contributed by atoms with Gasteiger partial charge in [-0.3, -0.25) is 9.52 Å². The van der Waals surface area contributed by atoms with Gasteiger partial charge in [0.15, 0.2) is 5.11 Å². The predicted molar refractivity (Wildman–Crippen MR) is 121 cm³/mol. The molecule has 0 saturated carbocycles. The summed E-state index contributed by atoms with van der Waals surface area (Å²) >= 11 is 5.35. The van der Waals surface area contributed by atoms with Crippen LogP contribution in [-0.4, -0.2) is 65.5 Å². The zero-order chi connectivity index (χ0) is 22.0. The van der Waals surface area contributed by atoms with Gasteiger partial charge in [-0.05, 0) is 42.5 Å². The number of amides is 1. The fourth-order valence-corrected chi connectivity index (χ4v) is 4.87. The van der Waals surface area contributed by atoms with Gasteiger partial charge in [-0.2, -0.15) is 0 Å². The molecule has 3 aromatic rings. The third kappa shape index (κ3) is 4.59. The van der Waals surface area contributed by atoms with Gasteiger partial charge in [-0.1, -0.05) is 0 Å². The van der Waals surface area contributed by atoms with Crippen LogP contribution in [0.1, 0.15) is 6.92 Å². The summed E-state index contributed by atoms with van der Waals surface area (Å²) in [6, 6.07) is 7.84. The van der Waals surface area contributed by atoms with Crippen molar-refractivity contribution in [3.63, 3.8) is 0 Å². The first-order valence-electron chi connectivity index (χ1n) is 9.56. The topological polar surface area (TPSA) is 123 Å². The molecular weight excluding hydrogens is 438 g/mol. The standard InChI is InChI=1S/C19H21N7O3S2/c1-13(27)23-14-2-4-15(5-3-14)31(28,29)24-19(30)26-10-8-25(9-11-26)18-16-6-7-20-17(16)21-12-22-18/h2-7,12H,8-11H2,1H3,(H,23,27)(H,24,30)(H,20,21,22). The molecule has 31 heavy (non-hydrogen) atoms. The van der Waals surface area contributed by atoms with Crippen LogP contribution in [0.4, 0.5) is 11.5 Å². The second-order valence-corrected chi connectivity index (χ2v) is 9.10. The SMILES string of the molecule is CC(=O)Nc1ccc(S(=O)(=O)NC(=S)N2CCN(c3ncnc4[nH]ccc34)CC2)cc1. The van der Waals surface area contributed by atoms with Crippen molar-refractivity contribution in [3.05, 3.63) is 42.9 Å². The molecule has 1 fully saturated rings. The fraction of sp³-hybridized carbons (Fsp3) is 0.263. The van der Waals surface area contributed by atoms with E-state index in [9.17, 15) is 13.2 Å². The lowest BCUT2D eigenvalue weighted by atomic mass is 10.3. The lowest BCUT2D eigenvalue weighted by Gasteiger charge is -2.36. The highest BCUT2D eigenvalue weighted by atomic mass is 32.2. The number of piperazine rings is 1. The number of sulfonamides is 1. The largest absolute Gasteiger partial charge is 0.352 e. The Labute approximate surface area is 184 Å². The molecule has 0 bridgehead atoms. The van der Waals surface area contributed by atoms with Gasteiger partial charge in [0.25, 0.3) is 10.0 Å². The number of nitrogens with one attached hydrogen (secondary N) is 3. The number of rotatable bonds is 4. The molecule has 162 valence electrons. The van der Waals surface area contributed by atoms with Crippen molar-refractivity contribution >= 4 is 55.8 Å². The molecule has 0 radical (unpaired) electrons. The van der Waals surface area contributed by atoms with E-state index in [2.05, 4.69) is 29.9 Å². The summed E-state index contributed by atoms with van der Waals surface area (Å²) in [6.07, 6.45) is 3.35. The van der Waals surface area contributed by atoms with Gasteiger partial charge in [0.1, 0.15) is 17.8 Å². The van der Waals surface area contributed by atoms with Crippen molar-refractivity contribution in [3.8, 4) is 0 Å². The van der Waals surface area contributed by atoms with Crippen molar-refractivity contribution in [2.45, 2.75) is 11.8 Å². The zero-order valence-electron chi connectivity index (χ0n) is 16.7. The third-order valence-corrected chi connectivity index (χ3v) is 6.75. The summed E-state index contributed by atoms with van der Waals surface area (Å²) in [5.41, 5.74) is 1.30. The molecule has 1 aliphatic heterocycles. The molecule has 1 aliphatic rings. The number of hydrogen-bond acceptors (Lipinski definition) is 7. The molecular formula is C19H21N7O3S2. The summed E-state index contributed by atoms with van der Waals surface area (Å²) in [5.74, 6) is 0.616. The maximum atomic E-state index is 12.7. The smallest absolute Gasteiger partial charge is 0.263 e. The highest BCUT2D eigenvalue weighted by Gasteiger charge is 2.24. The number of fused-ring (bicyclic) bond motifs is 1. The zero-order valence-corrected chi connectivity index (χ0v) is 18.3. The lowest BCUT2D eigenvalue weighted by Crippen LogP contribution is -2.52. The van der Waals surface area contributed by atoms with E-state index in [1.54, 1.807) is 0 Å². The number of carbonyl (C=O) groups excluding carboxylic acids is 1. The van der Waals surface area contributed by atoms with E-state index in [0.29, 0.717) is 31.9 Å². The minimum absolute atomic E-state index is 0.0680. The second kappa shape index (κ2) is 8.47. The van der Waals surface area contributed by atoms with Crippen molar-refractivity contribution in [1.82, 2.24) is 24.6 Å².